The van der Waals surface area contributed by atoms with Gasteiger partial charge in [0, 0.05) is 29.0 Å². The van der Waals surface area contributed by atoms with Gasteiger partial charge in [-0.05, 0) is 38.3 Å². The first-order valence-corrected chi connectivity index (χ1v) is 7.97. The fourth-order valence-corrected chi connectivity index (χ4v) is 3.46. The number of rotatable bonds is 2. The van der Waals surface area contributed by atoms with E-state index < -0.39 is 0 Å². The maximum Gasteiger partial charge on any atom is 0.150 e. The molecule has 5 heteroatoms. The molecule has 1 atom stereocenters. The van der Waals surface area contributed by atoms with Crippen molar-refractivity contribution in [3.63, 3.8) is 0 Å². The fraction of sp³-hybridized carbons (Fsp3) is 0.211. The maximum absolute atomic E-state index is 6.30. The van der Waals surface area contributed by atoms with Crippen LogP contribution < -0.4 is 10.7 Å². The van der Waals surface area contributed by atoms with E-state index in [2.05, 4.69) is 22.0 Å². The van der Waals surface area contributed by atoms with Crippen molar-refractivity contribution in [2.45, 2.75) is 26.9 Å². The highest BCUT2D eigenvalue weighted by Crippen LogP contribution is 2.40. The topological polar surface area (TPSA) is 58.5 Å². The van der Waals surface area contributed by atoms with E-state index in [0.717, 1.165) is 39.4 Å². The van der Waals surface area contributed by atoms with Gasteiger partial charge in [0.05, 0.1) is 0 Å². The molecule has 1 aromatic carbocycles. The van der Waals surface area contributed by atoms with Gasteiger partial charge in [0.25, 0.3) is 0 Å². The van der Waals surface area contributed by atoms with Crippen LogP contribution in [0.1, 0.15) is 30.2 Å². The third-order valence-corrected chi connectivity index (χ3v) is 4.48. The van der Waals surface area contributed by atoms with Crippen molar-refractivity contribution < 1.29 is 4.42 Å². The molecule has 3 heterocycles. The van der Waals surface area contributed by atoms with Crippen LogP contribution in [0.3, 0.4) is 0 Å². The van der Waals surface area contributed by atoms with E-state index in [9.17, 15) is 0 Å². The molecule has 0 bridgehead atoms. The summed E-state index contributed by atoms with van der Waals surface area (Å²) in [6, 6.07) is 12.3. The van der Waals surface area contributed by atoms with Crippen LogP contribution in [0.2, 0.25) is 0 Å². The van der Waals surface area contributed by atoms with Gasteiger partial charge in [-0.2, -0.15) is 0 Å². The van der Waals surface area contributed by atoms with Crippen LogP contribution in [0, 0.1) is 13.8 Å². The predicted molar refractivity (Wildman–Crippen MR) is 94.9 cm³/mol. The summed E-state index contributed by atoms with van der Waals surface area (Å²) in [5, 5.41) is 3.98. The highest BCUT2D eigenvalue weighted by molar-refractivity contribution is 5.93. The van der Waals surface area contributed by atoms with Crippen molar-refractivity contribution in [3.8, 4) is 0 Å². The third kappa shape index (κ3) is 2.17. The number of aromatic nitrogens is 1. The Hall–Kier alpha value is -2.79. The highest BCUT2D eigenvalue weighted by atomic mass is 16.3. The van der Waals surface area contributed by atoms with Crippen molar-refractivity contribution in [2.75, 3.05) is 4.90 Å². The van der Waals surface area contributed by atoms with Crippen molar-refractivity contribution in [1.29, 1.82) is 0 Å². The Morgan fingerprint density at radius 1 is 1.12 bits per heavy atom. The number of anilines is 1. The summed E-state index contributed by atoms with van der Waals surface area (Å²) < 4.78 is 5.73. The van der Waals surface area contributed by atoms with E-state index in [-0.39, 0.29) is 6.17 Å². The Bertz CT molecular complexity index is 938. The first-order chi connectivity index (χ1) is 11.6. The zero-order chi connectivity index (χ0) is 16.8. The van der Waals surface area contributed by atoms with Gasteiger partial charge in [-0.3, -0.25) is 5.01 Å². The van der Waals surface area contributed by atoms with Crippen LogP contribution in [0.25, 0.3) is 10.8 Å². The van der Waals surface area contributed by atoms with E-state index in [1.165, 1.54) is 0 Å². The summed E-state index contributed by atoms with van der Waals surface area (Å²) in [4.78, 5) is 6.82. The van der Waals surface area contributed by atoms with Crippen LogP contribution >= 0.6 is 0 Å². The molecule has 0 aliphatic carbocycles. The largest absolute Gasteiger partial charge is 0.466 e. The number of benzene rings is 1. The van der Waals surface area contributed by atoms with Crippen molar-refractivity contribution >= 4 is 16.6 Å². The van der Waals surface area contributed by atoms with Crippen molar-refractivity contribution in [3.05, 3.63) is 71.6 Å². The average Bonchev–Trinajstić information content (AvgIpc) is 3.04. The minimum absolute atomic E-state index is 0.166. The number of nitrogens with two attached hydrogens (primary N) is 1. The van der Waals surface area contributed by atoms with Crippen LogP contribution in [-0.2, 0) is 0 Å². The number of hydrogen-bond acceptors (Lipinski definition) is 5. The average molecular weight is 320 g/mol. The number of hydrazine groups is 1. The van der Waals surface area contributed by atoms with Crippen LogP contribution in [0.5, 0.6) is 0 Å². The number of nitrogens with zero attached hydrogens (tertiary/aromatic N) is 3. The molecule has 24 heavy (non-hydrogen) atoms. The molecule has 122 valence electrons. The quantitative estimate of drug-likeness (QED) is 0.723. The maximum atomic E-state index is 6.30. The molecule has 5 nitrogen and oxygen atoms in total. The van der Waals surface area contributed by atoms with E-state index in [1.807, 2.05) is 57.4 Å². The number of pyridine rings is 1. The normalized spacial score (nSPS) is 17.7. The zero-order valence-electron chi connectivity index (χ0n) is 14.0. The summed E-state index contributed by atoms with van der Waals surface area (Å²) in [6.45, 7) is 5.97. The van der Waals surface area contributed by atoms with Gasteiger partial charge >= 0.3 is 0 Å². The number of fused-ring (bicyclic) bond motifs is 1. The molecule has 0 fully saturated rings. The molecule has 1 unspecified atom stereocenters. The summed E-state index contributed by atoms with van der Waals surface area (Å²) in [6.07, 6.45) is 3.62. The first-order valence-electron chi connectivity index (χ1n) is 7.97. The monoisotopic (exact) mass is 320 g/mol. The van der Waals surface area contributed by atoms with Crippen molar-refractivity contribution in [1.82, 2.24) is 9.99 Å². The minimum atomic E-state index is -0.166. The molecular weight excluding hydrogens is 300 g/mol. The van der Waals surface area contributed by atoms with Gasteiger partial charge in [-0.25, -0.2) is 10.8 Å². The molecule has 0 spiro atoms. The van der Waals surface area contributed by atoms with Gasteiger partial charge in [0.2, 0.25) is 0 Å². The fourth-order valence-electron chi connectivity index (χ4n) is 3.46. The van der Waals surface area contributed by atoms with Gasteiger partial charge in [0.1, 0.15) is 17.3 Å². The Balaban J connectivity index is 1.90. The van der Waals surface area contributed by atoms with Crippen LogP contribution in [-0.4, -0.2) is 9.99 Å². The van der Waals surface area contributed by atoms with E-state index in [1.54, 1.807) is 5.01 Å². The SMILES string of the molecule is CC1=CN(N)C(c2cc(C)oc2C)N1c1nccc2ccccc12. The lowest BCUT2D eigenvalue weighted by molar-refractivity contribution is 0.312. The van der Waals surface area contributed by atoms with Crippen molar-refractivity contribution in [2.24, 2.45) is 5.84 Å². The molecular formula is C19H20N4O. The smallest absolute Gasteiger partial charge is 0.150 e. The third-order valence-electron chi connectivity index (χ3n) is 4.48. The number of furan rings is 1. The molecule has 4 rings (SSSR count). The molecule has 1 aliphatic rings. The van der Waals surface area contributed by atoms with E-state index in [0.29, 0.717) is 0 Å². The Morgan fingerprint density at radius 3 is 2.67 bits per heavy atom. The second-order valence-electron chi connectivity index (χ2n) is 6.19. The van der Waals surface area contributed by atoms with E-state index in [4.69, 9.17) is 10.3 Å². The minimum Gasteiger partial charge on any atom is -0.466 e. The molecule has 1 aliphatic heterocycles. The zero-order valence-corrected chi connectivity index (χ0v) is 14.0. The number of hydrogen-bond donors (Lipinski definition) is 1. The summed E-state index contributed by atoms with van der Waals surface area (Å²) in [7, 11) is 0. The molecule has 0 radical (unpaired) electrons. The Morgan fingerprint density at radius 2 is 1.92 bits per heavy atom. The molecule has 0 saturated carbocycles. The number of aryl methyl sites for hydroxylation is 2. The second kappa shape index (κ2) is 5.39. The molecule has 2 N–H and O–H groups in total. The van der Waals surface area contributed by atoms with E-state index >= 15 is 0 Å². The lowest BCUT2D eigenvalue weighted by atomic mass is 10.1. The summed E-state index contributed by atoms with van der Waals surface area (Å²) in [5.74, 6) is 8.96. The van der Waals surface area contributed by atoms with Gasteiger partial charge in [-0.1, -0.05) is 24.3 Å². The highest BCUT2D eigenvalue weighted by Gasteiger charge is 2.35. The van der Waals surface area contributed by atoms with Gasteiger partial charge in [-0.15, -0.1) is 0 Å². The summed E-state index contributed by atoms with van der Waals surface area (Å²) >= 11 is 0. The lowest BCUT2D eigenvalue weighted by Gasteiger charge is -2.31. The molecule has 3 aromatic rings. The summed E-state index contributed by atoms with van der Waals surface area (Å²) in [5.41, 5.74) is 2.10. The van der Waals surface area contributed by atoms with Crippen LogP contribution in [0.15, 0.2) is 58.9 Å². The van der Waals surface area contributed by atoms with Gasteiger partial charge < -0.3 is 9.32 Å². The molecule has 0 amide bonds. The predicted octanol–water partition coefficient (Wildman–Crippen LogP) is 4.00. The second-order valence-corrected chi connectivity index (χ2v) is 6.19. The Labute approximate surface area is 141 Å². The first kappa shape index (κ1) is 14.8. The lowest BCUT2D eigenvalue weighted by Crippen LogP contribution is -2.36. The van der Waals surface area contributed by atoms with Gasteiger partial charge in [0.15, 0.2) is 6.17 Å². The van der Waals surface area contributed by atoms with Crippen LogP contribution in [0.4, 0.5) is 5.82 Å². The standard InChI is InChI=1S/C19H20N4O/c1-12-11-22(20)19(17-10-13(2)24-14(17)3)23(12)18-16-7-5-4-6-15(16)8-9-21-18/h4-11,19H,20H2,1-3H3. The number of allylic oxidation sites excluding steroid dienone is 1. The Kier molecular flexibility index (Phi) is 3.32. The molecule has 0 saturated heterocycles. The molecule has 2 aromatic heterocycles.